The van der Waals surface area contributed by atoms with Gasteiger partial charge >= 0.3 is 6.09 Å². The zero-order valence-corrected chi connectivity index (χ0v) is 16.9. The number of carbonyl (C=O) groups excluding carboxylic acids is 1. The molecule has 0 unspecified atom stereocenters. The molecule has 5 nitrogen and oxygen atoms in total. The van der Waals surface area contributed by atoms with Crippen LogP contribution in [0.15, 0.2) is 67.0 Å². The Kier molecular flexibility index (Phi) is 8.15. The molecular weight excluding hydrogens is 350 g/mol. The van der Waals surface area contributed by atoms with E-state index in [1.165, 1.54) is 0 Å². The van der Waals surface area contributed by atoms with Crippen LogP contribution in [0.2, 0.25) is 0 Å². The number of nitrogens with zero attached hydrogens (tertiary/aromatic N) is 3. The second-order valence-electron chi connectivity index (χ2n) is 5.58. The average Bonchev–Trinajstić information content (AvgIpc) is 2.78. The zero-order valence-electron chi connectivity index (χ0n) is 16.9. The fourth-order valence-corrected chi connectivity index (χ4v) is 2.74. The molecule has 1 aliphatic heterocycles. The van der Waals surface area contributed by atoms with Crippen LogP contribution in [0.3, 0.4) is 0 Å². The van der Waals surface area contributed by atoms with Crippen LogP contribution in [0.1, 0.15) is 39.1 Å². The maximum absolute atomic E-state index is 12.2. The molecule has 0 radical (unpaired) electrons. The zero-order chi connectivity index (χ0) is 20.4. The third-order valence-electron chi connectivity index (χ3n) is 3.94. The molecular formula is C23H27N3O2. The van der Waals surface area contributed by atoms with E-state index in [1.807, 2.05) is 58.0 Å². The largest absolute Gasteiger partial charge is 0.415 e. The molecule has 0 N–H and O–H groups in total. The predicted molar refractivity (Wildman–Crippen MR) is 112 cm³/mol. The van der Waals surface area contributed by atoms with E-state index in [-0.39, 0.29) is 6.09 Å². The quantitative estimate of drug-likeness (QED) is 0.586. The number of aromatic nitrogens is 2. The fraction of sp³-hybridized carbons (Fsp3) is 0.261. The Balaban J connectivity index is 0.000000660. The second kappa shape index (κ2) is 10.8. The molecule has 1 aromatic heterocycles. The highest BCUT2D eigenvalue weighted by Gasteiger charge is 2.25. The Morgan fingerprint density at radius 1 is 0.893 bits per heavy atom. The molecule has 2 heterocycles. The first-order valence-electron chi connectivity index (χ1n) is 9.70. The Morgan fingerprint density at radius 2 is 1.57 bits per heavy atom. The van der Waals surface area contributed by atoms with Gasteiger partial charge in [0.2, 0.25) is 0 Å². The molecule has 3 aromatic rings. The number of amides is 1. The number of ether oxygens (including phenoxy) is 1. The summed E-state index contributed by atoms with van der Waals surface area (Å²) < 4.78 is 5.44. The van der Waals surface area contributed by atoms with Gasteiger partial charge in [0.1, 0.15) is 11.6 Å². The van der Waals surface area contributed by atoms with Gasteiger partial charge in [0.15, 0.2) is 0 Å². The summed E-state index contributed by atoms with van der Waals surface area (Å²) in [4.78, 5) is 22.1. The van der Waals surface area contributed by atoms with E-state index >= 15 is 0 Å². The number of fused-ring (bicyclic) bond motifs is 1. The molecule has 0 bridgehead atoms. The normalized spacial score (nSPS) is 11.9. The van der Waals surface area contributed by atoms with Crippen molar-refractivity contribution >= 4 is 6.09 Å². The first kappa shape index (κ1) is 21.1. The Morgan fingerprint density at radius 3 is 2.25 bits per heavy atom. The lowest BCUT2D eigenvalue weighted by Crippen LogP contribution is -2.36. The van der Waals surface area contributed by atoms with Crippen LogP contribution in [-0.2, 0) is 13.1 Å². The topological polar surface area (TPSA) is 55.3 Å². The minimum Gasteiger partial charge on any atom is -0.410 e. The van der Waals surface area contributed by atoms with E-state index < -0.39 is 0 Å². The monoisotopic (exact) mass is 377 g/mol. The van der Waals surface area contributed by atoms with Gasteiger partial charge in [-0.25, -0.2) is 14.8 Å². The summed E-state index contributed by atoms with van der Waals surface area (Å²) in [5, 5.41) is 0. The van der Waals surface area contributed by atoms with Gasteiger partial charge in [-0.2, -0.15) is 0 Å². The highest BCUT2D eigenvalue weighted by atomic mass is 16.6. The van der Waals surface area contributed by atoms with E-state index in [2.05, 4.69) is 28.2 Å². The Hall–Kier alpha value is -3.21. The molecule has 0 aliphatic carbocycles. The molecule has 0 saturated heterocycles. The van der Waals surface area contributed by atoms with Gasteiger partial charge < -0.3 is 4.74 Å². The maximum Gasteiger partial charge on any atom is 0.415 e. The van der Waals surface area contributed by atoms with Gasteiger partial charge in [-0.3, -0.25) is 4.90 Å². The van der Waals surface area contributed by atoms with Crippen molar-refractivity contribution in [1.82, 2.24) is 14.9 Å². The first-order valence-corrected chi connectivity index (χ1v) is 9.70. The standard InChI is InChI=1S/C19H15N3O2.2C2H6/c23-19-22(13-18-20-9-4-10-21-18)12-16-11-15(7-8-17(16)24-19)14-5-2-1-3-6-14;2*1-2/h1-11H,12-13H2;2*1-2H3. The number of hydrogen-bond donors (Lipinski definition) is 0. The van der Waals surface area contributed by atoms with Gasteiger partial charge in [0.25, 0.3) is 0 Å². The number of rotatable bonds is 3. The van der Waals surface area contributed by atoms with Crippen LogP contribution in [0, 0.1) is 0 Å². The van der Waals surface area contributed by atoms with Crippen LogP contribution in [0.4, 0.5) is 4.79 Å². The summed E-state index contributed by atoms with van der Waals surface area (Å²) in [5.41, 5.74) is 3.21. The van der Waals surface area contributed by atoms with Gasteiger partial charge in [0.05, 0.1) is 13.1 Å². The Labute approximate surface area is 167 Å². The molecule has 4 rings (SSSR count). The van der Waals surface area contributed by atoms with E-state index in [0.717, 1.165) is 16.7 Å². The number of hydrogen-bond acceptors (Lipinski definition) is 4. The minimum absolute atomic E-state index is 0.328. The van der Waals surface area contributed by atoms with E-state index in [0.29, 0.717) is 24.7 Å². The fourth-order valence-electron chi connectivity index (χ4n) is 2.74. The van der Waals surface area contributed by atoms with Crippen LogP contribution >= 0.6 is 0 Å². The van der Waals surface area contributed by atoms with Crippen molar-refractivity contribution in [2.24, 2.45) is 0 Å². The lowest BCUT2D eigenvalue weighted by molar-refractivity contribution is 0.134. The molecule has 5 heteroatoms. The highest BCUT2D eigenvalue weighted by molar-refractivity contribution is 5.75. The van der Waals surface area contributed by atoms with Crippen LogP contribution < -0.4 is 4.74 Å². The summed E-state index contributed by atoms with van der Waals surface area (Å²) in [6.07, 6.45) is 2.96. The van der Waals surface area contributed by atoms with E-state index in [4.69, 9.17) is 4.74 Å². The Bertz CT molecular complexity index is 868. The number of benzene rings is 2. The summed E-state index contributed by atoms with van der Waals surface area (Å²) in [6.45, 7) is 8.81. The van der Waals surface area contributed by atoms with Crippen molar-refractivity contribution < 1.29 is 9.53 Å². The van der Waals surface area contributed by atoms with Crippen molar-refractivity contribution in [1.29, 1.82) is 0 Å². The molecule has 0 spiro atoms. The molecule has 2 aromatic carbocycles. The lowest BCUT2D eigenvalue weighted by Gasteiger charge is -2.27. The third-order valence-corrected chi connectivity index (χ3v) is 3.94. The van der Waals surface area contributed by atoms with E-state index in [1.54, 1.807) is 23.4 Å². The van der Waals surface area contributed by atoms with E-state index in [9.17, 15) is 4.79 Å². The molecule has 28 heavy (non-hydrogen) atoms. The minimum atomic E-state index is -0.373. The molecule has 0 atom stereocenters. The van der Waals surface area contributed by atoms with Gasteiger partial charge in [-0.05, 0) is 29.3 Å². The second-order valence-corrected chi connectivity index (χ2v) is 5.58. The molecule has 146 valence electrons. The highest BCUT2D eigenvalue weighted by Crippen LogP contribution is 2.31. The summed E-state index contributed by atoms with van der Waals surface area (Å²) in [5.74, 6) is 1.21. The third kappa shape index (κ3) is 5.16. The molecule has 0 saturated carbocycles. The summed E-state index contributed by atoms with van der Waals surface area (Å²) >= 11 is 0. The van der Waals surface area contributed by atoms with Crippen molar-refractivity contribution in [2.75, 3.05) is 0 Å². The smallest absolute Gasteiger partial charge is 0.410 e. The predicted octanol–water partition coefficient (Wildman–Crippen LogP) is 5.71. The van der Waals surface area contributed by atoms with Crippen molar-refractivity contribution in [3.8, 4) is 16.9 Å². The molecule has 1 aliphatic rings. The van der Waals surface area contributed by atoms with Crippen LogP contribution in [0.25, 0.3) is 11.1 Å². The van der Waals surface area contributed by atoms with Gasteiger partial charge in [-0.1, -0.05) is 64.1 Å². The average molecular weight is 377 g/mol. The molecule has 0 fully saturated rings. The summed E-state index contributed by atoms with van der Waals surface area (Å²) in [6, 6.07) is 17.8. The summed E-state index contributed by atoms with van der Waals surface area (Å²) in [7, 11) is 0. The molecule has 1 amide bonds. The van der Waals surface area contributed by atoms with Crippen molar-refractivity contribution in [2.45, 2.75) is 40.8 Å². The van der Waals surface area contributed by atoms with Crippen molar-refractivity contribution in [3.05, 3.63) is 78.4 Å². The van der Waals surface area contributed by atoms with Gasteiger partial charge in [0, 0.05) is 18.0 Å². The van der Waals surface area contributed by atoms with Crippen molar-refractivity contribution in [3.63, 3.8) is 0 Å². The first-order chi connectivity index (χ1) is 13.8. The number of carbonyl (C=O) groups is 1. The SMILES string of the molecule is CC.CC.O=C1Oc2ccc(-c3ccccc3)cc2CN1Cc1ncccn1. The lowest BCUT2D eigenvalue weighted by atomic mass is 10.0. The van der Waals surface area contributed by atoms with Crippen LogP contribution in [-0.4, -0.2) is 21.0 Å². The van der Waals surface area contributed by atoms with Crippen LogP contribution in [0.5, 0.6) is 5.75 Å². The van der Waals surface area contributed by atoms with Gasteiger partial charge in [-0.15, -0.1) is 0 Å². The maximum atomic E-state index is 12.2.